The highest BCUT2D eigenvalue weighted by Gasteiger charge is 2.54. The normalized spacial score (nSPS) is 35.0. The molecule has 1 aliphatic heterocycles. The van der Waals surface area contributed by atoms with Crippen LogP contribution in [0, 0.1) is 5.41 Å². The molecular weight excluding hydrogens is 278 g/mol. The number of aliphatic hydroxyl groups is 1. The third-order valence-corrected chi connectivity index (χ3v) is 5.55. The number of aliphatic hydroxyl groups excluding tert-OH is 1. The van der Waals surface area contributed by atoms with Gasteiger partial charge in [0, 0.05) is 36.4 Å². The molecule has 4 atom stereocenters. The Morgan fingerprint density at radius 3 is 2.95 bits per heavy atom. The van der Waals surface area contributed by atoms with Crippen LogP contribution >= 0.6 is 0 Å². The van der Waals surface area contributed by atoms with E-state index in [1.807, 2.05) is 4.90 Å². The Morgan fingerprint density at radius 1 is 1.50 bits per heavy atom. The van der Waals surface area contributed by atoms with Gasteiger partial charge in [-0.3, -0.25) is 9.78 Å². The molecule has 5 nitrogen and oxygen atoms in total. The molecule has 1 aromatic heterocycles. The molecule has 2 heterocycles. The van der Waals surface area contributed by atoms with Crippen molar-refractivity contribution in [1.82, 2.24) is 9.88 Å². The molecule has 2 aliphatic rings. The predicted octanol–water partition coefficient (Wildman–Crippen LogP) is 1.56. The molecule has 3 N–H and O–H groups in total. The number of carbonyl (C=O) groups excluding carboxylic acids is 1. The zero-order chi connectivity index (χ0) is 15.7. The Bertz CT molecular complexity index is 536. The van der Waals surface area contributed by atoms with Crippen molar-refractivity contribution in [1.29, 1.82) is 0 Å². The number of nitrogens with zero attached hydrogens (tertiary/aromatic N) is 2. The number of rotatable bonds is 2. The number of likely N-dealkylation sites (tertiary alicyclic amines) is 1. The molecule has 1 saturated carbocycles. The van der Waals surface area contributed by atoms with Crippen molar-refractivity contribution in [2.75, 3.05) is 6.54 Å². The van der Waals surface area contributed by atoms with Crippen LogP contribution in [0.1, 0.15) is 49.4 Å². The van der Waals surface area contributed by atoms with Crippen molar-refractivity contribution in [2.45, 2.75) is 57.2 Å². The Morgan fingerprint density at radius 2 is 2.27 bits per heavy atom. The molecule has 5 heteroatoms. The Hall–Kier alpha value is -1.46. The van der Waals surface area contributed by atoms with Gasteiger partial charge in [0.2, 0.25) is 0 Å². The van der Waals surface area contributed by atoms with Crippen LogP contribution in [0.2, 0.25) is 0 Å². The summed E-state index contributed by atoms with van der Waals surface area (Å²) in [5.41, 5.74) is 6.30. The third kappa shape index (κ3) is 2.42. The molecule has 0 radical (unpaired) electrons. The average molecular weight is 303 g/mol. The van der Waals surface area contributed by atoms with E-state index in [0.29, 0.717) is 12.1 Å². The van der Waals surface area contributed by atoms with Gasteiger partial charge >= 0.3 is 0 Å². The van der Waals surface area contributed by atoms with E-state index in [1.165, 1.54) is 0 Å². The number of nitrogens with two attached hydrogens (primary N) is 1. The van der Waals surface area contributed by atoms with Gasteiger partial charge in [-0.1, -0.05) is 19.8 Å². The minimum absolute atomic E-state index is 0.00421. The first kappa shape index (κ1) is 15.4. The fourth-order valence-corrected chi connectivity index (χ4v) is 4.29. The smallest absolute Gasteiger partial charge is 0.255 e. The van der Waals surface area contributed by atoms with E-state index in [2.05, 4.69) is 11.9 Å². The molecule has 22 heavy (non-hydrogen) atoms. The molecule has 2 fully saturated rings. The zero-order valence-electron chi connectivity index (χ0n) is 13.1. The molecule has 1 aromatic rings. The summed E-state index contributed by atoms with van der Waals surface area (Å²) < 4.78 is 0. The van der Waals surface area contributed by atoms with Gasteiger partial charge in [0.1, 0.15) is 0 Å². The van der Waals surface area contributed by atoms with E-state index < -0.39 is 0 Å². The highest BCUT2D eigenvalue weighted by atomic mass is 16.3. The number of pyridine rings is 1. The largest absolute Gasteiger partial charge is 0.392 e. The van der Waals surface area contributed by atoms with Crippen LogP contribution < -0.4 is 5.73 Å². The Balaban J connectivity index is 1.96. The first-order valence-electron chi connectivity index (χ1n) is 8.18. The molecular formula is C17H25N3O2. The first-order chi connectivity index (χ1) is 10.6. The second-order valence-corrected chi connectivity index (χ2v) is 6.87. The monoisotopic (exact) mass is 303 g/mol. The summed E-state index contributed by atoms with van der Waals surface area (Å²) in [7, 11) is 0. The lowest BCUT2D eigenvalue weighted by atomic mass is 9.75. The quantitative estimate of drug-likeness (QED) is 0.869. The lowest BCUT2D eigenvalue weighted by molar-refractivity contribution is 0.0121. The Labute approximate surface area is 131 Å². The number of carbonyl (C=O) groups is 1. The van der Waals surface area contributed by atoms with Crippen molar-refractivity contribution < 1.29 is 9.90 Å². The molecule has 1 saturated heterocycles. The summed E-state index contributed by atoms with van der Waals surface area (Å²) in [6.07, 6.45) is 7.53. The van der Waals surface area contributed by atoms with Crippen LogP contribution in [0.4, 0.5) is 0 Å². The van der Waals surface area contributed by atoms with Crippen LogP contribution in [0.15, 0.2) is 24.5 Å². The van der Waals surface area contributed by atoms with Gasteiger partial charge in [0.15, 0.2) is 0 Å². The molecule has 120 valence electrons. The molecule has 0 spiro atoms. The van der Waals surface area contributed by atoms with Gasteiger partial charge in [0.25, 0.3) is 5.91 Å². The zero-order valence-corrected chi connectivity index (χ0v) is 13.1. The van der Waals surface area contributed by atoms with Gasteiger partial charge in [0.05, 0.1) is 11.7 Å². The highest BCUT2D eigenvalue weighted by Crippen LogP contribution is 2.48. The topological polar surface area (TPSA) is 79.5 Å². The van der Waals surface area contributed by atoms with Crippen molar-refractivity contribution in [3.63, 3.8) is 0 Å². The van der Waals surface area contributed by atoms with E-state index in [4.69, 9.17) is 5.73 Å². The molecule has 1 amide bonds. The maximum Gasteiger partial charge on any atom is 0.255 e. The maximum atomic E-state index is 13.0. The number of hydrogen-bond donors (Lipinski definition) is 2. The predicted molar refractivity (Wildman–Crippen MR) is 84.2 cm³/mol. The standard InChI is InChI=1S/C17H25N3O2/c1-17-9-13(10-18)20(14(17)6-2-3-7-15(17)21)16(22)12-5-4-8-19-11-12/h4-5,8,11,13-15,21H,2-3,6-7,9-10,18H2,1H3/t13-,14-,15-,17-/m1/s1. The minimum atomic E-state index is -0.360. The second kappa shape index (κ2) is 5.97. The fourth-order valence-electron chi connectivity index (χ4n) is 4.29. The third-order valence-electron chi connectivity index (χ3n) is 5.55. The van der Waals surface area contributed by atoms with Gasteiger partial charge in [-0.2, -0.15) is 0 Å². The molecule has 3 rings (SSSR count). The average Bonchev–Trinajstić information content (AvgIpc) is 2.77. The maximum absolute atomic E-state index is 13.0. The number of amides is 1. The van der Waals surface area contributed by atoms with E-state index in [9.17, 15) is 9.90 Å². The van der Waals surface area contributed by atoms with Crippen molar-refractivity contribution in [2.24, 2.45) is 11.1 Å². The SMILES string of the molecule is C[C@@]12C[C@H](CN)N(C(=O)c3cccnc3)[C@@H]1CCCC[C@H]2O. The summed E-state index contributed by atoms with van der Waals surface area (Å²) >= 11 is 0. The highest BCUT2D eigenvalue weighted by molar-refractivity contribution is 5.94. The summed E-state index contributed by atoms with van der Waals surface area (Å²) in [5, 5.41) is 10.6. The van der Waals surface area contributed by atoms with Gasteiger partial charge < -0.3 is 15.7 Å². The molecule has 0 unspecified atom stereocenters. The summed E-state index contributed by atoms with van der Waals surface area (Å²) in [6.45, 7) is 2.55. The van der Waals surface area contributed by atoms with Crippen molar-refractivity contribution in [3.05, 3.63) is 30.1 Å². The number of hydrogen-bond acceptors (Lipinski definition) is 4. The van der Waals surface area contributed by atoms with E-state index in [0.717, 1.165) is 32.1 Å². The second-order valence-electron chi connectivity index (χ2n) is 6.87. The van der Waals surface area contributed by atoms with E-state index >= 15 is 0 Å². The number of fused-ring (bicyclic) bond motifs is 1. The van der Waals surface area contributed by atoms with Gasteiger partial charge in [-0.25, -0.2) is 0 Å². The van der Waals surface area contributed by atoms with Crippen molar-refractivity contribution in [3.8, 4) is 0 Å². The van der Waals surface area contributed by atoms with E-state index in [1.54, 1.807) is 24.5 Å². The van der Waals surface area contributed by atoms with Crippen LogP contribution in [0.25, 0.3) is 0 Å². The van der Waals surface area contributed by atoms with Gasteiger partial charge in [-0.05, 0) is 31.4 Å². The molecule has 1 aliphatic carbocycles. The van der Waals surface area contributed by atoms with Crippen LogP contribution in [-0.2, 0) is 0 Å². The lowest BCUT2D eigenvalue weighted by Crippen LogP contribution is -2.48. The van der Waals surface area contributed by atoms with Crippen LogP contribution in [-0.4, -0.2) is 45.6 Å². The van der Waals surface area contributed by atoms with Gasteiger partial charge in [-0.15, -0.1) is 0 Å². The summed E-state index contributed by atoms with van der Waals surface area (Å²) in [4.78, 5) is 19.0. The first-order valence-corrected chi connectivity index (χ1v) is 8.18. The van der Waals surface area contributed by atoms with Crippen LogP contribution in [0.3, 0.4) is 0 Å². The summed E-state index contributed by atoms with van der Waals surface area (Å²) in [6, 6.07) is 3.63. The molecule has 0 bridgehead atoms. The molecule has 0 aromatic carbocycles. The van der Waals surface area contributed by atoms with Crippen LogP contribution in [0.5, 0.6) is 0 Å². The number of aromatic nitrogens is 1. The summed E-state index contributed by atoms with van der Waals surface area (Å²) in [5.74, 6) is -0.00799. The fraction of sp³-hybridized carbons (Fsp3) is 0.647. The lowest BCUT2D eigenvalue weighted by Gasteiger charge is -2.37. The Kier molecular flexibility index (Phi) is 4.19. The minimum Gasteiger partial charge on any atom is -0.392 e. The van der Waals surface area contributed by atoms with Crippen molar-refractivity contribution >= 4 is 5.91 Å². The van der Waals surface area contributed by atoms with E-state index in [-0.39, 0.29) is 29.5 Å².